The van der Waals surface area contributed by atoms with E-state index in [4.69, 9.17) is 9.84 Å². The minimum absolute atomic E-state index is 0.0198. The average Bonchev–Trinajstić information content (AvgIpc) is 2.85. The van der Waals surface area contributed by atoms with E-state index in [-0.39, 0.29) is 18.5 Å². The van der Waals surface area contributed by atoms with Crippen LogP contribution in [0.25, 0.3) is 0 Å². The van der Waals surface area contributed by atoms with Gasteiger partial charge in [-0.2, -0.15) is 0 Å². The molecule has 1 atom stereocenters. The van der Waals surface area contributed by atoms with Crippen LogP contribution in [0.15, 0.2) is 60.8 Å². The van der Waals surface area contributed by atoms with Crippen molar-refractivity contribution in [2.24, 2.45) is 0 Å². The molecule has 4 nitrogen and oxygen atoms in total. The van der Waals surface area contributed by atoms with Gasteiger partial charge in [-0.1, -0.05) is 93.9 Å². The third-order valence-electron chi connectivity index (χ3n) is 5.73. The predicted octanol–water partition coefficient (Wildman–Crippen LogP) is 9.44. The van der Waals surface area contributed by atoms with Gasteiger partial charge < -0.3 is 9.84 Å². The molecule has 0 aliphatic heterocycles. The van der Waals surface area contributed by atoms with Crippen LogP contribution in [0.5, 0.6) is 0 Å². The molecular formula is C32H52O4. The number of allylic oxidation sites excluding steroid dienone is 10. The van der Waals surface area contributed by atoms with Crippen molar-refractivity contribution in [2.75, 3.05) is 0 Å². The van der Waals surface area contributed by atoms with Crippen LogP contribution >= 0.6 is 0 Å². The van der Waals surface area contributed by atoms with E-state index >= 15 is 0 Å². The smallest absolute Gasteiger partial charge is 0.306 e. The number of hydrogen-bond acceptors (Lipinski definition) is 3. The average molecular weight is 501 g/mol. The number of carbonyl (C=O) groups excluding carboxylic acids is 1. The zero-order valence-corrected chi connectivity index (χ0v) is 23.0. The Hall–Kier alpha value is -2.36. The Morgan fingerprint density at radius 2 is 1.17 bits per heavy atom. The van der Waals surface area contributed by atoms with Crippen LogP contribution in [0, 0.1) is 0 Å². The molecule has 0 rings (SSSR count). The van der Waals surface area contributed by atoms with E-state index in [1.165, 1.54) is 0 Å². The van der Waals surface area contributed by atoms with Crippen molar-refractivity contribution in [2.45, 2.75) is 129 Å². The maximum Gasteiger partial charge on any atom is 0.306 e. The topological polar surface area (TPSA) is 63.6 Å². The number of rotatable bonds is 24. The second-order valence-corrected chi connectivity index (χ2v) is 9.20. The Kier molecular flexibility index (Phi) is 25.4. The fraction of sp³-hybridized carbons (Fsp3) is 0.625. The normalized spacial score (nSPS) is 13.2. The van der Waals surface area contributed by atoms with Crippen molar-refractivity contribution in [3.63, 3.8) is 0 Å². The van der Waals surface area contributed by atoms with Crippen LogP contribution in [0.3, 0.4) is 0 Å². The maximum absolute atomic E-state index is 12.2. The van der Waals surface area contributed by atoms with Gasteiger partial charge in [-0.05, 0) is 77.0 Å². The standard InChI is InChI=1S/C32H52O4/c1-3-5-6-7-8-9-10-11-12-13-14-15-16-17-18-19-20-21-25-29-32(35)36-30(26-4-2)27-23-22-24-28-31(33)34/h5-6,8-9,11-12,14-15,17-18,30H,3-4,7,10,13,16,19-29H2,1-2H3,(H,33,34)/b6-5-,9-8-,12-11-,15-14-,18-17-. The minimum atomic E-state index is -0.743. The Balaban J connectivity index is 3.71. The first-order valence-electron chi connectivity index (χ1n) is 14.3. The molecule has 204 valence electrons. The predicted molar refractivity (Wildman–Crippen MR) is 153 cm³/mol. The summed E-state index contributed by atoms with van der Waals surface area (Å²) < 4.78 is 5.67. The van der Waals surface area contributed by atoms with E-state index < -0.39 is 5.97 Å². The van der Waals surface area contributed by atoms with Gasteiger partial charge in [0.25, 0.3) is 0 Å². The molecule has 0 heterocycles. The lowest BCUT2D eigenvalue weighted by atomic mass is 10.1. The van der Waals surface area contributed by atoms with Gasteiger partial charge in [-0.15, -0.1) is 0 Å². The molecule has 0 fully saturated rings. The summed E-state index contributed by atoms with van der Waals surface area (Å²) in [7, 11) is 0. The highest BCUT2D eigenvalue weighted by molar-refractivity contribution is 5.69. The largest absolute Gasteiger partial charge is 0.481 e. The number of carbonyl (C=O) groups is 2. The SMILES string of the molecule is CC/C=C\C/C=C\C/C=C\C/C=C\C/C=C\CCCCCC(=O)OC(CCC)CCCCCC(=O)O. The lowest BCUT2D eigenvalue weighted by Gasteiger charge is -2.17. The number of ether oxygens (including phenoxy) is 1. The number of hydrogen-bond donors (Lipinski definition) is 1. The summed E-state index contributed by atoms with van der Waals surface area (Å²) in [5.74, 6) is -0.832. The molecule has 0 bridgehead atoms. The summed E-state index contributed by atoms with van der Waals surface area (Å²) in [6, 6.07) is 0. The van der Waals surface area contributed by atoms with E-state index in [1.54, 1.807) is 0 Å². The van der Waals surface area contributed by atoms with E-state index in [2.05, 4.69) is 74.6 Å². The quantitative estimate of drug-likeness (QED) is 0.0814. The molecule has 0 aromatic carbocycles. The summed E-state index contributed by atoms with van der Waals surface area (Å²) in [4.78, 5) is 22.7. The Morgan fingerprint density at radius 1 is 0.639 bits per heavy atom. The molecule has 0 amide bonds. The van der Waals surface area contributed by atoms with Gasteiger partial charge in [0.2, 0.25) is 0 Å². The second kappa shape index (κ2) is 27.2. The van der Waals surface area contributed by atoms with Crippen molar-refractivity contribution in [1.82, 2.24) is 0 Å². The molecule has 0 aliphatic carbocycles. The third kappa shape index (κ3) is 26.2. The number of esters is 1. The molecule has 36 heavy (non-hydrogen) atoms. The molecular weight excluding hydrogens is 448 g/mol. The van der Waals surface area contributed by atoms with Gasteiger partial charge in [0.05, 0.1) is 0 Å². The summed E-state index contributed by atoms with van der Waals surface area (Å²) in [5.41, 5.74) is 0. The third-order valence-corrected chi connectivity index (χ3v) is 5.73. The second-order valence-electron chi connectivity index (χ2n) is 9.20. The zero-order chi connectivity index (χ0) is 26.5. The fourth-order valence-corrected chi connectivity index (χ4v) is 3.73. The molecule has 4 heteroatoms. The maximum atomic E-state index is 12.2. The molecule has 0 saturated carbocycles. The van der Waals surface area contributed by atoms with Crippen molar-refractivity contribution >= 4 is 11.9 Å². The lowest BCUT2D eigenvalue weighted by Crippen LogP contribution is -2.18. The zero-order valence-electron chi connectivity index (χ0n) is 23.0. The van der Waals surface area contributed by atoms with Gasteiger partial charge in [-0.25, -0.2) is 0 Å². The highest BCUT2D eigenvalue weighted by Gasteiger charge is 2.13. The molecule has 0 saturated heterocycles. The van der Waals surface area contributed by atoms with E-state index in [9.17, 15) is 9.59 Å². The Bertz CT molecular complexity index is 670. The highest BCUT2D eigenvalue weighted by atomic mass is 16.5. The molecule has 0 aromatic rings. The lowest BCUT2D eigenvalue weighted by molar-refractivity contribution is -0.150. The van der Waals surface area contributed by atoms with Crippen molar-refractivity contribution in [3.05, 3.63) is 60.8 Å². The van der Waals surface area contributed by atoms with Crippen LogP contribution in [-0.2, 0) is 14.3 Å². The molecule has 0 spiro atoms. The molecule has 1 unspecified atom stereocenters. The van der Waals surface area contributed by atoms with Gasteiger partial charge in [0.15, 0.2) is 0 Å². The van der Waals surface area contributed by atoms with Gasteiger partial charge in [0.1, 0.15) is 6.10 Å². The van der Waals surface area contributed by atoms with Gasteiger partial charge in [0, 0.05) is 12.8 Å². The van der Waals surface area contributed by atoms with E-state index in [0.717, 1.165) is 89.9 Å². The minimum Gasteiger partial charge on any atom is -0.481 e. The summed E-state index contributed by atoms with van der Waals surface area (Å²) in [6.07, 6.45) is 37.2. The molecule has 1 N–H and O–H groups in total. The van der Waals surface area contributed by atoms with E-state index in [0.29, 0.717) is 12.8 Å². The summed E-state index contributed by atoms with van der Waals surface area (Å²) in [6.45, 7) is 4.25. The Morgan fingerprint density at radius 3 is 1.72 bits per heavy atom. The fourth-order valence-electron chi connectivity index (χ4n) is 3.73. The van der Waals surface area contributed by atoms with Crippen molar-refractivity contribution in [1.29, 1.82) is 0 Å². The molecule has 0 aliphatic rings. The van der Waals surface area contributed by atoms with Crippen LogP contribution in [0.1, 0.15) is 123 Å². The van der Waals surface area contributed by atoms with E-state index in [1.807, 2.05) is 0 Å². The number of carboxylic acids is 1. The number of aliphatic carboxylic acids is 1. The van der Waals surface area contributed by atoms with Crippen molar-refractivity contribution in [3.8, 4) is 0 Å². The van der Waals surface area contributed by atoms with Gasteiger partial charge in [-0.3, -0.25) is 9.59 Å². The Labute approximate surface area is 221 Å². The monoisotopic (exact) mass is 500 g/mol. The van der Waals surface area contributed by atoms with Crippen LogP contribution < -0.4 is 0 Å². The molecule has 0 aromatic heterocycles. The first-order valence-corrected chi connectivity index (χ1v) is 14.3. The number of carboxylic acid groups (broad SMARTS) is 1. The molecule has 0 radical (unpaired) electrons. The van der Waals surface area contributed by atoms with Crippen LogP contribution in [0.2, 0.25) is 0 Å². The first kappa shape index (κ1) is 33.6. The van der Waals surface area contributed by atoms with Crippen molar-refractivity contribution < 1.29 is 19.4 Å². The van der Waals surface area contributed by atoms with Gasteiger partial charge >= 0.3 is 11.9 Å². The first-order chi connectivity index (χ1) is 17.6. The van der Waals surface area contributed by atoms with Crippen LogP contribution in [-0.4, -0.2) is 23.1 Å². The number of unbranched alkanes of at least 4 members (excludes halogenated alkanes) is 5. The van der Waals surface area contributed by atoms with Crippen LogP contribution in [0.4, 0.5) is 0 Å². The summed E-state index contributed by atoms with van der Waals surface area (Å²) >= 11 is 0. The highest BCUT2D eigenvalue weighted by Crippen LogP contribution is 2.15. The summed E-state index contributed by atoms with van der Waals surface area (Å²) in [5, 5.41) is 8.70.